The maximum absolute atomic E-state index is 13.2. The molecule has 2 fully saturated rings. The van der Waals surface area contributed by atoms with E-state index in [9.17, 15) is 9.59 Å². The van der Waals surface area contributed by atoms with Gasteiger partial charge in [-0.05, 0) is 57.2 Å². The lowest BCUT2D eigenvalue weighted by atomic mass is 9.85. The van der Waals surface area contributed by atoms with Crippen LogP contribution >= 0.6 is 0 Å². The molecule has 2 saturated heterocycles. The number of hydrogen-bond donors (Lipinski definition) is 2. The van der Waals surface area contributed by atoms with Gasteiger partial charge in [0, 0.05) is 48.6 Å². The zero-order chi connectivity index (χ0) is 28.4. The molecule has 5 aromatic rings. The number of Topliss-reactive ketones (excluding diaryl/α,β-unsaturated/α-hetero) is 1. The first kappa shape index (κ1) is 25.1. The standard InChI is InChI=1S/C28H29N11O2/c1-14-8-17(11-30-23(14)21-6-7-37(3)36-21)20-12-33-39-25(29)22(15(2)40)24(34-27(20)39)16-9-18-4-5-19(10-16)38(18)28(41)26-31-13-32-35-26/h6-8,11-13,16,18-19H,4-5,9-10,29H2,1-3H3,(H,31,32,35)/t16?,18-,19+. The Morgan fingerprint density at radius 1 is 1.12 bits per heavy atom. The van der Waals surface area contributed by atoms with Crippen molar-refractivity contribution in [1.29, 1.82) is 0 Å². The van der Waals surface area contributed by atoms with Gasteiger partial charge >= 0.3 is 0 Å². The van der Waals surface area contributed by atoms with Crippen LogP contribution in [0.5, 0.6) is 0 Å². The van der Waals surface area contributed by atoms with E-state index in [1.54, 1.807) is 17.1 Å². The molecule has 13 heteroatoms. The van der Waals surface area contributed by atoms with E-state index in [1.165, 1.54) is 17.8 Å². The lowest BCUT2D eigenvalue weighted by Crippen LogP contribution is -2.46. The summed E-state index contributed by atoms with van der Waals surface area (Å²) in [6.07, 6.45) is 9.88. The number of fused-ring (bicyclic) bond motifs is 3. The number of piperidine rings is 1. The van der Waals surface area contributed by atoms with Crippen molar-refractivity contribution in [3.05, 3.63) is 59.7 Å². The first-order valence-corrected chi connectivity index (χ1v) is 13.6. The zero-order valence-electron chi connectivity index (χ0n) is 22.9. The van der Waals surface area contributed by atoms with Gasteiger partial charge in [-0.3, -0.25) is 24.4 Å². The van der Waals surface area contributed by atoms with Gasteiger partial charge in [0.2, 0.25) is 5.82 Å². The van der Waals surface area contributed by atoms with Crippen molar-refractivity contribution in [3.8, 4) is 22.5 Å². The molecule has 0 aliphatic carbocycles. The van der Waals surface area contributed by atoms with Gasteiger partial charge in [-0.1, -0.05) is 0 Å². The molecule has 3 atom stereocenters. The third-order valence-electron chi connectivity index (χ3n) is 8.38. The van der Waals surface area contributed by atoms with Gasteiger partial charge in [0.25, 0.3) is 5.91 Å². The third-order valence-corrected chi connectivity index (χ3v) is 8.38. The number of aromatic amines is 1. The van der Waals surface area contributed by atoms with Crippen LogP contribution in [0.2, 0.25) is 0 Å². The molecule has 7 rings (SSSR count). The fourth-order valence-electron chi connectivity index (χ4n) is 6.59. The van der Waals surface area contributed by atoms with Crippen LogP contribution in [-0.2, 0) is 7.05 Å². The van der Waals surface area contributed by atoms with E-state index in [1.807, 2.05) is 37.2 Å². The summed E-state index contributed by atoms with van der Waals surface area (Å²) in [6.45, 7) is 3.50. The van der Waals surface area contributed by atoms with Crippen molar-refractivity contribution in [1.82, 2.24) is 49.4 Å². The first-order valence-electron chi connectivity index (χ1n) is 13.6. The van der Waals surface area contributed by atoms with Crippen molar-refractivity contribution >= 4 is 23.2 Å². The molecule has 208 valence electrons. The van der Waals surface area contributed by atoms with Gasteiger partial charge in [0.1, 0.15) is 17.8 Å². The van der Waals surface area contributed by atoms with Crippen LogP contribution < -0.4 is 5.73 Å². The third kappa shape index (κ3) is 3.99. The van der Waals surface area contributed by atoms with E-state index in [0.717, 1.165) is 40.9 Å². The number of amides is 1. The number of carbonyl (C=O) groups excluding carboxylic acids is 2. The maximum Gasteiger partial charge on any atom is 0.291 e. The van der Waals surface area contributed by atoms with E-state index in [4.69, 9.17) is 15.7 Å². The normalized spacial score (nSPS) is 20.2. The zero-order valence-corrected chi connectivity index (χ0v) is 22.9. The van der Waals surface area contributed by atoms with E-state index in [-0.39, 0.29) is 41.3 Å². The molecule has 0 saturated carbocycles. The van der Waals surface area contributed by atoms with Crippen molar-refractivity contribution in [2.45, 2.75) is 57.5 Å². The summed E-state index contributed by atoms with van der Waals surface area (Å²) in [5, 5.41) is 15.5. The van der Waals surface area contributed by atoms with Gasteiger partial charge < -0.3 is 10.6 Å². The Hall–Kier alpha value is -4.94. The second-order valence-electron chi connectivity index (χ2n) is 11.0. The van der Waals surface area contributed by atoms with Crippen LogP contribution in [0.3, 0.4) is 0 Å². The van der Waals surface area contributed by atoms with E-state index in [0.29, 0.717) is 29.7 Å². The number of nitrogens with one attached hydrogen (secondary N) is 1. The summed E-state index contributed by atoms with van der Waals surface area (Å²) in [6, 6.07) is 4.01. The summed E-state index contributed by atoms with van der Waals surface area (Å²) in [5.74, 6) is 0.181. The largest absolute Gasteiger partial charge is 0.383 e. The molecule has 1 amide bonds. The molecule has 5 aromatic heterocycles. The SMILES string of the molecule is CC(=O)c1c(C2C[C@H]3CC[C@@H](C2)N3C(=O)c2ncn[nH]2)nc2c(-c3cnc(-c4ccn(C)n4)c(C)c3)cnn2c1N. The predicted octanol–water partition coefficient (Wildman–Crippen LogP) is 2.95. The van der Waals surface area contributed by atoms with Crippen LogP contribution in [0.1, 0.15) is 70.8 Å². The van der Waals surface area contributed by atoms with Gasteiger partial charge in [-0.15, -0.1) is 0 Å². The number of H-pyrrole nitrogens is 1. The number of pyridine rings is 1. The monoisotopic (exact) mass is 551 g/mol. The number of aryl methyl sites for hydroxylation is 2. The minimum atomic E-state index is -0.159. The summed E-state index contributed by atoms with van der Waals surface area (Å²) in [4.78, 5) is 41.8. The Morgan fingerprint density at radius 2 is 1.90 bits per heavy atom. The van der Waals surface area contributed by atoms with Gasteiger partial charge in [-0.2, -0.15) is 19.8 Å². The molecule has 3 N–H and O–H groups in total. The van der Waals surface area contributed by atoms with E-state index >= 15 is 0 Å². The van der Waals surface area contributed by atoms with Crippen LogP contribution in [0.25, 0.3) is 28.2 Å². The lowest BCUT2D eigenvalue weighted by molar-refractivity contribution is 0.0556. The van der Waals surface area contributed by atoms with Gasteiger partial charge in [0.15, 0.2) is 11.4 Å². The Morgan fingerprint density at radius 3 is 2.54 bits per heavy atom. The number of nitrogen functional groups attached to an aromatic ring is 1. The highest BCUT2D eigenvalue weighted by Gasteiger charge is 2.45. The van der Waals surface area contributed by atoms with Crippen LogP contribution in [0, 0.1) is 6.92 Å². The number of carbonyl (C=O) groups is 2. The fourth-order valence-corrected chi connectivity index (χ4v) is 6.59. The summed E-state index contributed by atoms with van der Waals surface area (Å²) < 4.78 is 3.28. The van der Waals surface area contributed by atoms with Crippen LogP contribution in [0.4, 0.5) is 5.82 Å². The number of hydrogen-bond acceptors (Lipinski definition) is 9. The number of aromatic nitrogens is 9. The lowest BCUT2D eigenvalue weighted by Gasteiger charge is -2.38. The second kappa shape index (κ2) is 9.32. The molecule has 2 bridgehead atoms. The molecule has 0 aromatic carbocycles. The quantitative estimate of drug-likeness (QED) is 0.312. The smallest absolute Gasteiger partial charge is 0.291 e. The van der Waals surface area contributed by atoms with Crippen LogP contribution in [-0.4, -0.2) is 73.2 Å². The molecule has 0 radical (unpaired) electrons. The minimum Gasteiger partial charge on any atom is -0.383 e. The molecule has 0 spiro atoms. The van der Waals surface area contributed by atoms with E-state index < -0.39 is 0 Å². The van der Waals surface area contributed by atoms with E-state index in [2.05, 4.69) is 25.4 Å². The highest BCUT2D eigenvalue weighted by molar-refractivity contribution is 6.00. The van der Waals surface area contributed by atoms with Crippen molar-refractivity contribution < 1.29 is 9.59 Å². The number of anilines is 1. The Balaban J connectivity index is 1.28. The topological polar surface area (TPSA) is 166 Å². The number of nitrogens with zero attached hydrogens (tertiary/aromatic N) is 9. The molecule has 2 aliphatic rings. The second-order valence-corrected chi connectivity index (χ2v) is 11.0. The average Bonchev–Trinajstić information content (AvgIpc) is 3.75. The molecule has 2 aliphatic heterocycles. The molecule has 13 nitrogen and oxygen atoms in total. The van der Waals surface area contributed by atoms with Crippen molar-refractivity contribution in [2.24, 2.45) is 7.05 Å². The predicted molar refractivity (Wildman–Crippen MR) is 149 cm³/mol. The van der Waals surface area contributed by atoms with Crippen molar-refractivity contribution in [3.63, 3.8) is 0 Å². The summed E-state index contributed by atoms with van der Waals surface area (Å²) in [7, 11) is 1.87. The minimum absolute atomic E-state index is 0.0192. The summed E-state index contributed by atoms with van der Waals surface area (Å²) >= 11 is 0. The molecular weight excluding hydrogens is 522 g/mol. The van der Waals surface area contributed by atoms with Gasteiger partial charge in [0.05, 0.1) is 23.1 Å². The molecular formula is C28H29N11O2. The number of nitrogens with two attached hydrogens (primary N) is 1. The van der Waals surface area contributed by atoms with Crippen molar-refractivity contribution in [2.75, 3.05) is 5.73 Å². The highest BCUT2D eigenvalue weighted by atomic mass is 16.2. The first-order chi connectivity index (χ1) is 19.8. The molecule has 41 heavy (non-hydrogen) atoms. The number of ketones is 1. The van der Waals surface area contributed by atoms with Crippen LogP contribution in [0.15, 0.2) is 37.1 Å². The highest BCUT2D eigenvalue weighted by Crippen LogP contribution is 2.45. The maximum atomic E-state index is 13.2. The summed E-state index contributed by atoms with van der Waals surface area (Å²) in [5.41, 5.74) is 12.4. The molecule has 7 heterocycles. The average molecular weight is 552 g/mol. The Kier molecular flexibility index (Phi) is 5.70. The Labute approximate surface area is 234 Å². The van der Waals surface area contributed by atoms with Gasteiger partial charge in [-0.25, -0.2) is 9.97 Å². The fraction of sp³-hybridized carbons (Fsp3) is 0.357. The number of rotatable bonds is 5. The molecule has 1 unspecified atom stereocenters. The Bertz CT molecular complexity index is 1810.